The van der Waals surface area contributed by atoms with Gasteiger partial charge >= 0.3 is 5.97 Å². The lowest BCUT2D eigenvalue weighted by molar-refractivity contribution is -0.146. The van der Waals surface area contributed by atoms with Gasteiger partial charge in [0.25, 0.3) is 0 Å². The van der Waals surface area contributed by atoms with Crippen LogP contribution in [0.2, 0.25) is 0 Å². The number of morpholine rings is 1. The van der Waals surface area contributed by atoms with Gasteiger partial charge in [-0.15, -0.1) is 0 Å². The average molecular weight is 363 g/mol. The van der Waals surface area contributed by atoms with Gasteiger partial charge in [0.2, 0.25) is 5.91 Å². The Morgan fingerprint density at radius 1 is 1.31 bits per heavy atom. The normalized spacial score (nSPS) is 17.0. The molecule has 0 aliphatic carbocycles. The van der Waals surface area contributed by atoms with Crippen LogP contribution in [-0.2, 0) is 14.3 Å². The summed E-state index contributed by atoms with van der Waals surface area (Å²) in [4.78, 5) is 37.3. The molecular weight excluding hydrogens is 338 g/mol. The van der Waals surface area contributed by atoms with Crippen molar-refractivity contribution < 1.29 is 29.0 Å². The number of carboxylic acids is 1. The highest BCUT2D eigenvalue weighted by molar-refractivity contribution is 5.98. The Hall–Kier alpha value is -2.41. The fraction of sp³-hybridized carbons (Fsp3) is 0.526. The molecule has 1 heterocycles. The second-order valence-electron chi connectivity index (χ2n) is 6.25. The number of carboxylic acid groups (broad SMARTS) is 1. The van der Waals surface area contributed by atoms with E-state index in [1.165, 1.54) is 4.90 Å². The first kappa shape index (κ1) is 19.9. The van der Waals surface area contributed by atoms with Crippen LogP contribution in [0.25, 0.3) is 0 Å². The zero-order valence-corrected chi connectivity index (χ0v) is 15.2. The predicted molar refractivity (Wildman–Crippen MR) is 94.5 cm³/mol. The molecule has 7 heteroatoms. The number of amides is 1. The third-order valence-electron chi connectivity index (χ3n) is 4.32. The van der Waals surface area contributed by atoms with E-state index >= 15 is 0 Å². The van der Waals surface area contributed by atoms with E-state index in [2.05, 4.69) is 0 Å². The van der Waals surface area contributed by atoms with Crippen molar-refractivity contribution in [2.75, 3.05) is 26.4 Å². The summed E-state index contributed by atoms with van der Waals surface area (Å²) in [6.07, 6.45) is -0.0115. The predicted octanol–water partition coefficient (Wildman–Crippen LogP) is 2.06. The second kappa shape index (κ2) is 9.33. The summed E-state index contributed by atoms with van der Waals surface area (Å²) in [6.45, 7) is 5.27. The number of hydrogen-bond acceptors (Lipinski definition) is 5. The van der Waals surface area contributed by atoms with Gasteiger partial charge in [-0.3, -0.25) is 14.4 Å². The smallest absolute Gasteiger partial charge is 0.305 e. The summed E-state index contributed by atoms with van der Waals surface area (Å²) in [5.41, 5.74) is 1.42. The van der Waals surface area contributed by atoms with E-state index < -0.39 is 12.0 Å². The number of ether oxygens (including phenoxy) is 2. The van der Waals surface area contributed by atoms with Crippen LogP contribution in [0.1, 0.15) is 42.1 Å². The molecule has 0 aromatic heterocycles. The fourth-order valence-electron chi connectivity index (χ4n) is 3.00. The summed E-state index contributed by atoms with van der Waals surface area (Å²) < 4.78 is 10.7. The van der Waals surface area contributed by atoms with Gasteiger partial charge < -0.3 is 19.5 Å². The highest BCUT2D eigenvalue weighted by Gasteiger charge is 2.29. The summed E-state index contributed by atoms with van der Waals surface area (Å²) in [6, 6.07) is 4.75. The maximum absolute atomic E-state index is 12.4. The minimum Gasteiger partial charge on any atom is -0.494 e. The Bertz CT molecular complexity index is 672. The van der Waals surface area contributed by atoms with Crippen molar-refractivity contribution in [1.82, 2.24) is 4.90 Å². The van der Waals surface area contributed by atoms with Gasteiger partial charge in [0, 0.05) is 24.9 Å². The van der Waals surface area contributed by atoms with Crippen LogP contribution in [0.15, 0.2) is 18.2 Å². The largest absolute Gasteiger partial charge is 0.494 e. The highest BCUT2D eigenvalue weighted by Crippen LogP contribution is 2.21. The van der Waals surface area contributed by atoms with E-state index in [1.54, 1.807) is 18.2 Å². The maximum Gasteiger partial charge on any atom is 0.305 e. The first-order valence-corrected chi connectivity index (χ1v) is 8.78. The standard InChI is InChI=1S/C19H25NO6/c1-3-26-17-6-4-14(10-13(17)2)16(21)5-7-18(22)20-8-9-25-12-15(20)11-19(23)24/h4,6,10,15H,3,5,7-9,11-12H2,1-2H3,(H,23,24)/t15-/m0/s1. The van der Waals surface area contributed by atoms with Crippen molar-refractivity contribution in [2.24, 2.45) is 0 Å². The third kappa shape index (κ3) is 5.29. The molecule has 1 saturated heterocycles. The average Bonchev–Trinajstić information content (AvgIpc) is 2.61. The molecule has 0 bridgehead atoms. The van der Waals surface area contributed by atoms with Crippen LogP contribution in [0.4, 0.5) is 0 Å². The number of Topliss-reactive ketones (excluding diaryl/α,β-unsaturated/α-hetero) is 1. The molecule has 1 aliphatic heterocycles. The molecule has 0 unspecified atom stereocenters. The van der Waals surface area contributed by atoms with Crippen LogP contribution in [0, 0.1) is 6.92 Å². The number of nitrogens with zero attached hydrogens (tertiary/aromatic N) is 1. The molecule has 7 nitrogen and oxygen atoms in total. The van der Waals surface area contributed by atoms with Crippen LogP contribution in [0.5, 0.6) is 5.75 Å². The van der Waals surface area contributed by atoms with Crippen molar-refractivity contribution in [1.29, 1.82) is 0 Å². The lowest BCUT2D eigenvalue weighted by Crippen LogP contribution is -2.49. The fourth-order valence-corrected chi connectivity index (χ4v) is 3.00. The molecule has 1 fully saturated rings. The third-order valence-corrected chi connectivity index (χ3v) is 4.32. The molecule has 26 heavy (non-hydrogen) atoms. The van der Waals surface area contributed by atoms with E-state index in [0.717, 1.165) is 11.3 Å². The Kier molecular flexibility index (Phi) is 7.15. The zero-order valence-electron chi connectivity index (χ0n) is 15.2. The van der Waals surface area contributed by atoms with Crippen LogP contribution in [-0.4, -0.2) is 60.1 Å². The van der Waals surface area contributed by atoms with E-state index in [-0.39, 0.29) is 37.6 Å². The first-order chi connectivity index (χ1) is 12.4. The Balaban J connectivity index is 1.94. The number of aryl methyl sites for hydroxylation is 1. The molecule has 1 amide bonds. The van der Waals surface area contributed by atoms with Gasteiger partial charge in [0.1, 0.15) is 5.75 Å². The SMILES string of the molecule is CCOc1ccc(C(=O)CCC(=O)N2CCOC[C@@H]2CC(=O)O)cc1C. The molecule has 142 valence electrons. The molecule has 1 atom stereocenters. The molecule has 1 aromatic rings. The van der Waals surface area contributed by atoms with Crippen molar-refractivity contribution in [2.45, 2.75) is 39.2 Å². The minimum absolute atomic E-state index is 0.0568. The highest BCUT2D eigenvalue weighted by atomic mass is 16.5. The van der Waals surface area contributed by atoms with Gasteiger partial charge in [-0.05, 0) is 37.6 Å². The molecule has 0 radical (unpaired) electrons. The van der Waals surface area contributed by atoms with Gasteiger partial charge in [-0.2, -0.15) is 0 Å². The van der Waals surface area contributed by atoms with E-state index in [9.17, 15) is 14.4 Å². The number of rotatable bonds is 8. The number of hydrogen-bond donors (Lipinski definition) is 1. The Morgan fingerprint density at radius 2 is 2.08 bits per heavy atom. The van der Waals surface area contributed by atoms with E-state index in [4.69, 9.17) is 14.6 Å². The van der Waals surface area contributed by atoms with Crippen molar-refractivity contribution >= 4 is 17.7 Å². The zero-order chi connectivity index (χ0) is 19.1. The molecule has 1 aromatic carbocycles. The topological polar surface area (TPSA) is 93.1 Å². The van der Waals surface area contributed by atoms with Gasteiger partial charge in [-0.25, -0.2) is 0 Å². The van der Waals surface area contributed by atoms with Crippen LogP contribution >= 0.6 is 0 Å². The summed E-state index contributed by atoms with van der Waals surface area (Å²) in [5.74, 6) is -0.563. The quantitative estimate of drug-likeness (QED) is 0.711. The first-order valence-electron chi connectivity index (χ1n) is 8.78. The number of carbonyl (C=O) groups is 3. The molecule has 0 saturated carbocycles. The van der Waals surface area contributed by atoms with E-state index in [1.807, 2.05) is 13.8 Å². The number of aliphatic carboxylic acids is 1. The van der Waals surface area contributed by atoms with Gasteiger partial charge in [-0.1, -0.05) is 0 Å². The number of ketones is 1. The summed E-state index contributed by atoms with van der Waals surface area (Å²) in [5, 5.41) is 8.96. The monoisotopic (exact) mass is 363 g/mol. The maximum atomic E-state index is 12.4. The van der Waals surface area contributed by atoms with Gasteiger partial charge in [0.15, 0.2) is 5.78 Å². The Labute approximate surface area is 152 Å². The van der Waals surface area contributed by atoms with Crippen LogP contribution in [0.3, 0.4) is 0 Å². The van der Waals surface area contributed by atoms with Crippen molar-refractivity contribution in [3.8, 4) is 5.75 Å². The van der Waals surface area contributed by atoms with E-state index in [0.29, 0.717) is 25.3 Å². The van der Waals surface area contributed by atoms with Crippen LogP contribution < -0.4 is 4.74 Å². The molecule has 1 N–H and O–H groups in total. The molecule has 0 spiro atoms. The summed E-state index contributed by atoms with van der Waals surface area (Å²) in [7, 11) is 0. The summed E-state index contributed by atoms with van der Waals surface area (Å²) >= 11 is 0. The van der Waals surface area contributed by atoms with Crippen molar-refractivity contribution in [3.63, 3.8) is 0 Å². The molecule has 2 rings (SSSR count). The van der Waals surface area contributed by atoms with Crippen molar-refractivity contribution in [3.05, 3.63) is 29.3 Å². The molecule has 1 aliphatic rings. The minimum atomic E-state index is -0.973. The second-order valence-corrected chi connectivity index (χ2v) is 6.25. The number of benzene rings is 1. The number of carbonyl (C=O) groups excluding carboxylic acids is 2. The van der Waals surface area contributed by atoms with Gasteiger partial charge in [0.05, 0.1) is 32.3 Å². The lowest BCUT2D eigenvalue weighted by Gasteiger charge is -2.34. The Morgan fingerprint density at radius 3 is 2.73 bits per heavy atom. The lowest BCUT2D eigenvalue weighted by atomic mass is 10.0. The molecular formula is C19H25NO6.